The maximum absolute atomic E-state index is 11.9. The Morgan fingerprint density at radius 3 is 2.31 bits per heavy atom. The number of hydrogen-bond donors (Lipinski definition) is 2. The van der Waals surface area contributed by atoms with Crippen LogP contribution < -0.4 is 0 Å². The fraction of sp³-hybridized carbons (Fsp3) is 0.909. The molecule has 0 bridgehead atoms. The van der Waals surface area contributed by atoms with Crippen LogP contribution in [-0.2, 0) is 4.79 Å². The van der Waals surface area contributed by atoms with Gasteiger partial charge in [-0.3, -0.25) is 9.69 Å². The standard InChI is InChI=1S/C11H22N2O2S/c1-11(2,16)9-10(15)13-5-3-12(4-6-13)7-8-14/h14,16H,3-9H2,1-2H3. The lowest BCUT2D eigenvalue weighted by Gasteiger charge is -2.35. The number of rotatable bonds is 4. The van der Waals surface area contributed by atoms with Crippen LogP contribution in [0.1, 0.15) is 20.3 Å². The first kappa shape index (κ1) is 13.8. The van der Waals surface area contributed by atoms with Gasteiger partial charge in [0.05, 0.1) is 6.61 Å². The van der Waals surface area contributed by atoms with Gasteiger partial charge in [0.1, 0.15) is 0 Å². The quantitative estimate of drug-likeness (QED) is 0.698. The second-order valence-corrected chi connectivity index (χ2v) is 6.15. The highest BCUT2D eigenvalue weighted by molar-refractivity contribution is 7.81. The minimum atomic E-state index is -0.237. The highest BCUT2D eigenvalue weighted by atomic mass is 32.1. The zero-order valence-electron chi connectivity index (χ0n) is 10.1. The number of β-amino-alcohol motifs (C(OH)–C–C–N with tert-alkyl or cyclic N) is 1. The lowest BCUT2D eigenvalue weighted by atomic mass is 10.1. The molecule has 1 N–H and O–H groups in total. The van der Waals surface area contributed by atoms with Gasteiger partial charge in [0.25, 0.3) is 0 Å². The fourth-order valence-electron chi connectivity index (χ4n) is 1.84. The summed E-state index contributed by atoms with van der Waals surface area (Å²) in [5.41, 5.74) is 0. The van der Waals surface area contributed by atoms with Crippen LogP contribution in [0.5, 0.6) is 0 Å². The Bertz CT molecular complexity index is 233. The summed E-state index contributed by atoms with van der Waals surface area (Å²) in [7, 11) is 0. The van der Waals surface area contributed by atoms with Crippen LogP contribution >= 0.6 is 12.6 Å². The number of carbonyl (C=O) groups excluding carboxylic acids is 1. The normalized spacial score (nSPS) is 18.9. The maximum Gasteiger partial charge on any atom is 0.224 e. The number of nitrogens with zero attached hydrogens (tertiary/aromatic N) is 2. The van der Waals surface area contributed by atoms with Crippen molar-refractivity contribution >= 4 is 18.5 Å². The van der Waals surface area contributed by atoms with E-state index in [1.165, 1.54) is 0 Å². The third-order valence-electron chi connectivity index (χ3n) is 2.73. The molecule has 4 nitrogen and oxygen atoms in total. The van der Waals surface area contributed by atoms with Gasteiger partial charge in [-0.25, -0.2) is 0 Å². The largest absolute Gasteiger partial charge is 0.395 e. The van der Waals surface area contributed by atoms with Crippen molar-refractivity contribution in [2.75, 3.05) is 39.3 Å². The highest BCUT2D eigenvalue weighted by Gasteiger charge is 2.24. The number of hydrogen-bond acceptors (Lipinski definition) is 4. The Balaban J connectivity index is 2.33. The van der Waals surface area contributed by atoms with Crippen molar-refractivity contribution in [2.45, 2.75) is 25.0 Å². The molecule has 5 heteroatoms. The van der Waals surface area contributed by atoms with Crippen LogP contribution in [0.3, 0.4) is 0 Å². The summed E-state index contributed by atoms with van der Waals surface area (Å²) in [5.74, 6) is 0.184. The average Bonchev–Trinajstić information content (AvgIpc) is 2.16. The molecule has 0 saturated carbocycles. The molecule has 0 aromatic carbocycles. The molecule has 1 rings (SSSR count). The second kappa shape index (κ2) is 5.89. The number of amides is 1. The van der Waals surface area contributed by atoms with Crippen molar-refractivity contribution in [3.8, 4) is 0 Å². The van der Waals surface area contributed by atoms with E-state index >= 15 is 0 Å². The SMILES string of the molecule is CC(C)(S)CC(=O)N1CCN(CCO)CC1. The van der Waals surface area contributed by atoms with E-state index in [9.17, 15) is 4.79 Å². The van der Waals surface area contributed by atoms with Gasteiger partial charge in [0.2, 0.25) is 5.91 Å². The van der Waals surface area contributed by atoms with Crippen molar-refractivity contribution in [1.82, 2.24) is 9.80 Å². The van der Waals surface area contributed by atoms with Gasteiger partial charge in [0, 0.05) is 43.9 Å². The van der Waals surface area contributed by atoms with Crippen molar-refractivity contribution in [3.63, 3.8) is 0 Å². The average molecular weight is 246 g/mol. The van der Waals surface area contributed by atoms with Crippen LogP contribution in [0.4, 0.5) is 0 Å². The van der Waals surface area contributed by atoms with Gasteiger partial charge >= 0.3 is 0 Å². The number of aliphatic hydroxyl groups is 1. The summed E-state index contributed by atoms with van der Waals surface area (Å²) >= 11 is 4.37. The van der Waals surface area contributed by atoms with Crippen LogP contribution in [0.25, 0.3) is 0 Å². The fourth-order valence-corrected chi connectivity index (χ4v) is 1.98. The van der Waals surface area contributed by atoms with Crippen LogP contribution in [0.2, 0.25) is 0 Å². The summed E-state index contributed by atoms with van der Waals surface area (Å²) in [6.45, 7) is 8.06. The highest BCUT2D eigenvalue weighted by Crippen LogP contribution is 2.18. The topological polar surface area (TPSA) is 43.8 Å². The molecule has 1 heterocycles. The molecular weight excluding hydrogens is 224 g/mol. The zero-order valence-corrected chi connectivity index (χ0v) is 11.0. The van der Waals surface area contributed by atoms with Gasteiger partial charge in [-0.05, 0) is 0 Å². The Labute approximate surface area is 103 Å². The van der Waals surface area contributed by atoms with E-state index < -0.39 is 0 Å². The predicted molar refractivity (Wildman–Crippen MR) is 67.8 cm³/mol. The number of thiol groups is 1. The lowest BCUT2D eigenvalue weighted by molar-refractivity contribution is -0.133. The first-order valence-electron chi connectivity index (χ1n) is 5.76. The summed E-state index contributed by atoms with van der Waals surface area (Å²) in [6.07, 6.45) is 0.482. The summed E-state index contributed by atoms with van der Waals surface area (Å²) in [6, 6.07) is 0. The molecule has 0 atom stereocenters. The molecule has 16 heavy (non-hydrogen) atoms. The first-order valence-corrected chi connectivity index (χ1v) is 6.20. The monoisotopic (exact) mass is 246 g/mol. The molecule has 1 saturated heterocycles. The first-order chi connectivity index (χ1) is 7.42. The molecule has 94 valence electrons. The number of piperazine rings is 1. The van der Waals surface area contributed by atoms with E-state index in [0.29, 0.717) is 13.0 Å². The Morgan fingerprint density at radius 2 is 1.88 bits per heavy atom. The Kier molecular flexibility index (Phi) is 5.08. The number of carbonyl (C=O) groups is 1. The lowest BCUT2D eigenvalue weighted by Crippen LogP contribution is -2.50. The van der Waals surface area contributed by atoms with E-state index in [1.54, 1.807) is 0 Å². The molecular formula is C11H22N2O2S. The summed E-state index contributed by atoms with van der Waals surface area (Å²) in [4.78, 5) is 16.0. The molecule has 0 aliphatic carbocycles. The van der Waals surface area contributed by atoms with Crippen LogP contribution in [0.15, 0.2) is 0 Å². The van der Waals surface area contributed by atoms with Crippen LogP contribution in [-0.4, -0.2) is 64.9 Å². The molecule has 0 aromatic rings. The van der Waals surface area contributed by atoms with E-state index in [0.717, 1.165) is 26.2 Å². The van der Waals surface area contributed by atoms with Gasteiger partial charge in [-0.1, -0.05) is 13.8 Å². The molecule has 0 spiro atoms. The molecule has 0 radical (unpaired) electrons. The zero-order chi connectivity index (χ0) is 12.2. The Hall–Kier alpha value is -0.260. The van der Waals surface area contributed by atoms with Crippen LogP contribution in [0, 0.1) is 0 Å². The van der Waals surface area contributed by atoms with Gasteiger partial charge in [-0.2, -0.15) is 12.6 Å². The van der Waals surface area contributed by atoms with Gasteiger partial charge in [-0.15, -0.1) is 0 Å². The summed E-state index contributed by atoms with van der Waals surface area (Å²) in [5, 5.41) is 8.81. The smallest absolute Gasteiger partial charge is 0.224 e. The molecule has 1 aliphatic heterocycles. The minimum Gasteiger partial charge on any atom is -0.395 e. The molecule has 1 amide bonds. The summed E-state index contributed by atoms with van der Waals surface area (Å²) < 4.78 is -0.237. The van der Waals surface area contributed by atoms with E-state index in [4.69, 9.17) is 5.11 Å². The molecule has 0 unspecified atom stereocenters. The third-order valence-corrected chi connectivity index (χ3v) is 2.88. The number of aliphatic hydroxyl groups excluding tert-OH is 1. The second-order valence-electron chi connectivity index (χ2n) is 4.94. The van der Waals surface area contributed by atoms with Gasteiger partial charge in [0.15, 0.2) is 0 Å². The maximum atomic E-state index is 11.9. The van der Waals surface area contributed by atoms with Gasteiger partial charge < -0.3 is 10.0 Å². The minimum absolute atomic E-state index is 0.184. The van der Waals surface area contributed by atoms with Crippen molar-refractivity contribution in [1.29, 1.82) is 0 Å². The van der Waals surface area contributed by atoms with Crippen molar-refractivity contribution < 1.29 is 9.90 Å². The molecule has 1 aliphatic rings. The Morgan fingerprint density at radius 1 is 1.31 bits per heavy atom. The third kappa shape index (κ3) is 4.72. The molecule has 1 fully saturated rings. The van der Waals surface area contributed by atoms with Crippen molar-refractivity contribution in [2.24, 2.45) is 0 Å². The predicted octanol–water partition coefficient (Wildman–Crippen LogP) is 0.221. The van der Waals surface area contributed by atoms with E-state index in [-0.39, 0.29) is 17.3 Å². The van der Waals surface area contributed by atoms with Crippen molar-refractivity contribution in [3.05, 3.63) is 0 Å². The molecule has 0 aromatic heterocycles. The van der Waals surface area contributed by atoms with E-state index in [2.05, 4.69) is 17.5 Å². The van der Waals surface area contributed by atoms with E-state index in [1.807, 2.05) is 18.7 Å².